The van der Waals surface area contributed by atoms with Gasteiger partial charge < -0.3 is 9.15 Å². The summed E-state index contributed by atoms with van der Waals surface area (Å²) in [4.78, 5) is 4.33. The van der Waals surface area contributed by atoms with E-state index in [0.717, 1.165) is 29.3 Å². The van der Waals surface area contributed by atoms with Crippen LogP contribution >= 0.6 is 11.6 Å². The molecule has 0 fully saturated rings. The summed E-state index contributed by atoms with van der Waals surface area (Å²) in [6, 6.07) is 13.6. The van der Waals surface area contributed by atoms with Crippen molar-refractivity contribution in [2.45, 2.75) is 24.6 Å². The van der Waals surface area contributed by atoms with E-state index in [-0.39, 0.29) is 39.1 Å². The molecule has 2 aromatic heterocycles. The zero-order valence-corrected chi connectivity index (χ0v) is 23.5. The number of halogens is 7. The lowest BCUT2D eigenvalue weighted by Crippen LogP contribution is -2.08. The van der Waals surface area contributed by atoms with Crippen LogP contribution in [0.5, 0.6) is 5.75 Å². The van der Waals surface area contributed by atoms with Crippen LogP contribution in [-0.2, 0) is 16.0 Å². The topological polar surface area (TPSA) is 87.2 Å². The lowest BCUT2D eigenvalue weighted by molar-refractivity contribution is -0.141. The Morgan fingerprint density at radius 1 is 1.00 bits per heavy atom. The Bertz CT molecular complexity index is 1950. The summed E-state index contributed by atoms with van der Waals surface area (Å²) in [5, 5.41) is 2.95. The van der Waals surface area contributed by atoms with Crippen molar-refractivity contribution in [2.75, 3.05) is 6.26 Å². The van der Waals surface area contributed by atoms with Gasteiger partial charge in [0.05, 0.1) is 21.8 Å². The van der Waals surface area contributed by atoms with Crippen LogP contribution in [0.3, 0.4) is 0 Å². The van der Waals surface area contributed by atoms with Gasteiger partial charge in [0, 0.05) is 24.3 Å². The van der Waals surface area contributed by atoms with Crippen LogP contribution in [0.25, 0.3) is 39.4 Å². The second kappa shape index (κ2) is 11.1. The molecule has 0 saturated heterocycles. The average Bonchev–Trinajstić information content (AvgIpc) is 3.51. The first-order chi connectivity index (χ1) is 20.1. The molecule has 5 rings (SSSR count). The van der Waals surface area contributed by atoms with Gasteiger partial charge in [-0.2, -0.15) is 27.1 Å². The molecule has 3 aromatic carbocycles. The molecule has 7 nitrogen and oxygen atoms in total. The molecule has 0 unspecified atom stereocenters. The van der Waals surface area contributed by atoms with Crippen LogP contribution in [0, 0.1) is 12.7 Å². The minimum absolute atomic E-state index is 0.0255. The first kappa shape index (κ1) is 30.2. The Kier molecular flexibility index (Phi) is 7.77. The van der Waals surface area contributed by atoms with Crippen LogP contribution in [-0.4, -0.2) is 36.0 Å². The number of alkyl halides is 5. The molecule has 0 spiro atoms. The van der Waals surface area contributed by atoms with E-state index in [1.165, 1.54) is 49.4 Å². The Morgan fingerprint density at radius 3 is 2.33 bits per heavy atom. The number of hydrogen-bond acceptors (Lipinski definition) is 6. The van der Waals surface area contributed by atoms with Crippen molar-refractivity contribution in [3.05, 3.63) is 89.3 Å². The molecule has 15 heteroatoms. The van der Waals surface area contributed by atoms with Gasteiger partial charge in [-0.15, -0.1) is 0 Å². The molecular weight excluding hydrogens is 624 g/mol. The molecular formula is C28H18ClF6N3O4S. The molecule has 0 N–H and O–H groups in total. The molecule has 0 bridgehead atoms. The zero-order valence-electron chi connectivity index (χ0n) is 22.0. The maximum Gasteiger partial charge on any atom is 0.436 e. The second-order valence-corrected chi connectivity index (χ2v) is 11.7. The Balaban J connectivity index is 1.74. The van der Waals surface area contributed by atoms with Gasteiger partial charge in [0.15, 0.2) is 38.7 Å². The molecule has 0 saturated carbocycles. The van der Waals surface area contributed by atoms with Gasteiger partial charge in [-0.05, 0) is 53.6 Å². The van der Waals surface area contributed by atoms with E-state index in [9.17, 15) is 34.8 Å². The quantitative estimate of drug-likeness (QED) is 0.168. The Hall–Kier alpha value is -4.30. The van der Waals surface area contributed by atoms with Crippen LogP contribution < -0.4 is 4.74 Å². The standard InChI is InChI=1S/C28H18ClF6N3O4S/c1-14-36-24(17-7-9-23(21(30)12-17)42-27(31)32)25(41-14)19-11-16(15-4-3-5-18(10-15)43(2,39)40)6-8-22(19)38-13-20(29)26(37-38)28(33,34)35/h3-13,27H,1-2H3. The highest BCUT2D eigenvalue weighted by atomic mass is 35.5. The zero-order chi connectivity index (χ0) is 31.3. The van der Waals surface area contributed by atoms with Crippen LogP contribution in [0.1, 0.15) is 11.6 Å². The smallest absolute Gasteiger partial charge is 0.436 e. The van der Waals surface area contributed by atoms with E-state index >= 15 is 0 Å². The van der Waals surface area contributed by atoms with Crippen molar-refractivity contribution in [1.82, 2.24) is 14.8 Å². The number of nitrogens with zero attached hydrogens (tertiary/aromatic N) is 3. The molecule has 0 atom stereocenters. The van der Waals surface area contributed by atoms with E-state index in [1.807, 2.05) is 0 Å². The van der Waals surface area contributed by atoms with Gasteiger partial charge in [0.1, 0.15) is 5.69 Å². The minimum Gasteiger partial charge on any atom is -0.440 e. The first-order valence-corrected chi connectivity index (χ1v) is 14.4. The predicted molar refractivity (Wildman–Crippen MR) is 144 cm³/mol. The third kappa shape index (κ3) is 6.25. The van der Waals surface area contributed by atoms with Gasteiger partial charge in [0.25, 0.3) is 0 Å². The number of oxazole rings is 1. The molecule has 2 heterocycles. The number of hydrogen-bond donors (Lipinski definition) is 0. The number of rotatable bonds is 7. The van der Waals surface area contributed by atoms with Crippen LogP contribution in [0.15, 0.2) is 76.2 Å². The lowest BCUT2D eigenvalue weighted by Gasteiger charge is -2.13. The van der Waals surface area contributed by atoms with Crippen molar-refractivity contribution in [3.8, 4) is 45.1 Å². The van der Waals surface area contributed by atoms with Crippen molar-refractivity contribution < 1.29 is 43.9 Å². The fraction of sp³-hybridized carbons (Fsp3) is 0.143. The third-order valence-corrected chi connectivity index (χ3v) is 7.56. The summed E-state index contributed by atoms with van der Waals surface area (Å²) in [5.41, 5.74) is -0.174. The molecule has 0 radical (unpaired) electrons. The SMILES string of the molecule is Cc1nc(-c2ccc(OC(F)F)c(F)c2)c(-c2cc(-c3cccc(S(C)(=O)=O)c3)ccc2-n2cc(Cl)c(C(F)(F)F)n2)o1. The molecule has 0 aliphatic carbocycles. The summed E-state index contributed by atoms with van der Waals surface area (Å²) in [6.07, 6.45) is -2.87. The summed E-state index contributed by atoms with van der Waals surface area (Å²) in [7, 11) is -3.57. The van der Waals surface area contributed by atoms with Crippen molar-refractivity contribution >= 4 is 21.4 Å². The predicted octanol–water partition coefficient (Wildman–Crippen LogP) is 7.99. The molecule has 0 aliphatic rings. The van der Waals surface area contributed by atoms with Crippen LogP contribution in [0.2, 0.25) is 5.02 Å². The monoisotopic (exact) mass is 641 g/mol. The highest BCUT2D eigenvalue weighted by molar-refractivity contribution is 7.90. The summed E-state index contributed by atoms with van der Waals surface area (Å²) >= 11 is 5.86. The van der Waals surface area contributed by atoms with Crippen molar-refractivity contribution in [1.29, 1.82) is 0 Å². The molecule has 43 heavy (non-hydrogen) atoms. The van der Waals surface area contributed by atoms with E-state index in [1.54, 1.807) is 6.07 Å². The van der Waals surface area contributed by atoms with Gasteiger partial charge in [-0.25, -0.2) is 22.5 Å². The van der Waals surface area contributed by atoms with E-state index < -0.39 is 44.9 Å². The summed E-state index contributed by atoms with van der Waals surface area (Å²) < 4.78 is 116. The number of ether oxygens (including phenoxy) is 1. The number of benzene rings is 3. The fourth-order valence-corrected chi connectivity index (χ4v) is 5.22. The van der Waals surface area contributed by atoms with Gasteiger partial charge >= 0.3 is 12.8 Å². The molecule has 0 amide bonds. The van der Waals surface area contributed by atoms with E-state index in [4.69, 9.17) is 16.0 Å². The summed E-state index contributed by atoms with van der Waals surface area (Å²) in [5.74, 6) is -1.77. The lowest BCUT2D eigenvalue weighted by atomic mass is 9.98. The van der Waals surface area contributed by atoms with Gasteiger partial charge in [0.2, 0.25) is 0 Å². The number of sulfone groups is 1. The maximum atomic E-state index is 14.7. The minimum atomic E-state index is -4.86. The molecule has 5 aromatic rings. The van der Waals surface area contributed by atoms with Crippen LogP contribution in [0.4, 0.5) is 26.3 Å². The number of aromatic nitrogens is 3. The average molecular weight is 642 g/mol. The molecule has 224 valence electrons. The first-order valence-electron chi connectivity index (χ1n) is 12.1. The highest BCUT2D eigenvalue weighted by Gasteiger charge is 2.37. The van der Waals surface area contributed by atoms with Gasteiger partial charge in [-0.1, -0.05) is 29.8 Å². The number of aryl methyl sites for hydroxylation is 1. The normalized spacial score (nSPS) is 12.2. The highest BCUT2D eigenvalue weighted by Crippen LogP contribution is 2.41. The van der Waals surface area contributed by atoms with E-state index in [0.29, 0.717) is 11.1 Å². The maximum absolute atomic E-state index is 14.7. The van der Waals surface area contributed by atoms with Gasteiger partial charge in [-0.3, -0.25) is 0 Å². The second-order valence-electron chi connectivity index (χ2n) is 9.23. The Labute approximate surface area is 245 Å². The van der Waals surface area contributed by atoms with E-state index in [2.05, 4.69) is 14.8 Å². The Morgan fingerprint density at radius 2 is 1.70 bits per heavy atom. The molecule has 0 aliphatic heterocycles. The summed E-state index contributed by atoms with van der Waals surface area (Å²) in [6.45, 7) is -1.79. The third-order valence-electron chi connectivity index (χ3n) is 6.18. The largest absolute Gasteiger partial charge is 0.440 e. The van der Waals surface area contributed by atoms with Crippen molar-refractivity contribution in [2.24, 2.45) is 0 Å². The fourth-order valence-electron chi connectivity index (χ4n) is 4.32. The van der Waals surface area contributed by atoms with Crippen molar-refractivity contribution in [3.63, 3.8) is 0 Å².